The third-order valence-electron chi connectivity index (χ3n) is 4.66. The summed E-state index contributed by atoms with van der Waals surface area (Å²) in [5.41, 5.74) is 1.40. The molecule has 0 radical (unpaired) electrons. The Morgan fingerprint density at radius 3 is 2.85 bits per heavy atom. The summed E-state index contributed by atoms with van der Waals surface area (Å²) in [6, 6.07) is 8.34. The molecule has 2 aromatic rings. The molecule has 0 bridgehead atoms. The fourth-order valence-electron chi connectivity index (χ4n) is 2.73. The average molecular weight is 273 g/mol. The second kappa shape index (κ2) is 5.13. The number of methoxy groups -OCH3 is 1. The van der Waals surface area contributed by atoms with Crippen molar-refractivity contribution in [3.05, 3.63) is 30.0 Å². The second-order valence-corrected chi connectivity index (χ2v) is 5.98. The first-order valence-corrected chi connectivity index (χ1v) is 7.47. The molecule has 3 nitrogen and oxygen atoms in total. The molecule has 1 heterocycles. The standard InChI is InChI=1S/C17H23NO2/c1-4-17(8-9-17)11-18-12(2)15-10-13-6-5-7-14(19-3)16(13)20-15/h5-7,10,12,18H,4,8-9,11H2,1-3H3. The van der Waals surface area contributed by atoms with E-state index in [9.17, 15) is 0 Å². The van der Waals surface area contributed by atoms with Crippen LogP contribution >= 0.6 is 0 Å². The van der Waals surface area contributed by atoms with Crippen molar-refractivity contribution in [2.24, 2.45) is 5.41 Å². The van der Waals surface area contributed by atoms with Gasteiger partial charge in [0.2, 0.25) is 0 Å². The van der Waals surface area contributed by atoms with Crippen molar-refractivity contribution in [2.75, 3.05) is 13.7 Å². The molecule has 20 heavy (non-hydrogen) atoms. The summed E-state index contributed by atoms with van der Waals surface area (Å²) in [4.78, 5) is 0. The summed E-state index contributed by atoms with van der Waals surface area (Å²) in [7, 11) is 1.68. The van der Waals surface area contributed by atoms with Gasteiger partial charge in [0.15, 0.2) is 11.3 Å². The van der Waals surface area contributed by atoms with Gasteiger partial charge in [-0.25, -0.2) is 0 Å². The normalized spacial score (nSPS) is 18.1. The van der Waals surface area contributed by atoms with E-state index in [-0.39, 0.29) is 6.04 Å². The lowest BCUT2D eigenvalue weighted by atomic mass is 10.0. The van der Waals surface area contributed by atoms with Crippen LogP contribution in [-0.4, -0.2) is 13.7 Å². The molecule has 3 rings (SSSR count). The van der Waals surface area contributed by atoms with Crippen LogP contribution < -0.4 is 10.1 Å². The number of ether oxygens (including phenoxy) is 1. The number of para-hydroxylation sites is 1. The van der Waals surface area contributed by atoms with Crippen LogP contribution in [-0.2, 0) is 0 Å². The number of rotatable bonds is 6. The molecule has 0 spiro atoms. The SMILES string of the molecule is CCC1(CNC(C)c2cc3cccc(OC)c3o2)CC1. The minimum absolute atomic E-state index is 0.233. The zero-order valence-electron chi connectivity index (χ0n) is 12.5. The Morgan fingerprint density at radius 2 is 2.20 bits per heavy atom. The van der Waals surface area contributed by atoms with Crippen molar-refractivity contribution in [3.63, 3.8) is 0 Å². The van der Waals surface area contributed by atoms with Crippen molar-refractivity contribution in [1.82, 2.24) is 5.32 Å². The molecule has 1 aliphatic carbocycles. The van der Waals surface area contributed by atoms with Crippen molar-refractivity contribution in [3.8, 4) is 5.75 Å². The highest BCUT2D eigenvalue weighted by molar-refractivity contribution is 5.83. The van der Waals surface area contributed by atoms with Crippen molar-refractivity contribution >= 4 is 11.0 Å². The van der Waals surface area contributed by atoms with E-state index in [1.165, 1.54) is 19.3 Å². The summed E-state index contributed by atoms with van der Waals surface area (Å²) in [5, 5.41) is 4.72. The van der Waals surface area contributed by atoms with Crippen LogP contribution in [0.1, 0.15) is 44.9 Å². The predicted octanol–water partition coefficient (Wildman–Crippen LogP) is 4.28. The molecule has 1 atom stereocenters. The van der Waals surface area contributed by atoms with Crippen molar-refractivity contribution in [1.29, 1.82) is 0 Å². The van der Waals surface area contributed by atoms with E-state index < -0.39 is 0 Å². The fraction of sp³-hybridized carbons (Fsp3) is 0.529. The van der Waals surface area contributed by atoms with E-state index >= 15 is 0 Å². The summed E-state index contributed by atoms with van der Waals surface area (Å²) in [6.45, 7) is 5.53. The van der Waals surface area contributed by atoms with E-state index in [2.05, 4.69) is 31.3 Å². The first-order chi connectivity index (χ1) is 9.67. The molecule has 1 fully saturated rings. The zero-order valence-corrected chi connectivity index (χ0v) is 12.5. The minimum Gasteiger partial charge on any atom is -0.493 e. The van der Waals surface area contributed by atoms with Crippen LogP contribution in [0.3, 0.4) is 0 Å². The lowest BCUT2D eigenvalue weighted by Gasteiger charge is -2.17. The highest BCUT2D eigenvalue weighted by atomic mass is 16.5. The molecule has 1 aliphatic rings. The van der Waals surface area contributed by atoms with Crippen molar-refractivity contribution in [2.45, 2.75) is 39.2 Å². The number of hydrogen-bond donors (Lipinski definition) is 1. The molecule has 1 unspecified atom stereocenters. The monoisotopic (exact) mass is 273 g/mol. The van der Waals surface area contributed by atoms with E-state index in [0.29, 0.717) is 5.41 Å². The van der Waals surface area contributed by atoms with Gasteiger partial charge in [-0.3, -0.25) is 0 Å². The number of fused-ring (bicyclic) bond motifs is 1. The van der Waals surface area contributed by atoms with E-state index in [1.54, 1.807) is 7.11 Å². The van der Waals surface area contributed by atoms with Crippen LogP contribution in [0.15, 0.2) is 28.7 Å². The van der Waals surface area contributed by atoms with Gasteiger partial charge in [-0.05, 0) is 43.7 Å². The maximum absolute atomic E-state index is 5.98. The van der Waals surface area contributed by atoms with Gasteiger partial charge in [0.25, 0.3) is 0 Å². The van der Waals surface area contributed by atoms with Gasteiger partial charge in [0.1, 0.15) is 5.76 Å². The molecule has 0 saturated heterocycles. The largest absolute Gasteiger partial charge is 0.493 e. The van der Waals surface area contributed by atoms with E-state index in [1.807, 2.05) is 12.1 Å². The topological polar surface area (TPSA) is 34.4 Å². The fourth-order valence-corrected chi connectivity index (χ4v) is 2.73. The van der Waals surface area contributed by atoms with Crippen LogP contribution in [0.2, 0.25) is 0 Å². The third kappa shape index (κ3) is 2.42. The molecular formula is C17H23NO2. The average Bonchev–Trinajstić information content (AvgIpc) is 3.13. The van der Waals surface area contributed by atoms with E-state index in [4.69, 9.17) is 9.15 Å². The summed E-state index contributed by atoms with van der Waals surface area (Å²) >= 11 is 0. The van der Waals surface area contributed by atoms with Crippen LogP contribution in [0, 0.1) is 5.41 Å². The van der Waals surface area contributed by atoms with Gasteiger partial charge in [-0.15, -0.1) is 0 Å². The third-order valence-corrected chi connectivity index (χ3v) is 4.66. The maximum Gasteiger partial charge on any atom is 0.176 e. The number of nitrogens with one attached hydrogen (secondary N) is 1. The van der Waals surface area contributed by atoms with E-state index in [0.717, 1.165) is 29.0 Å². The number of furan rings is 1. The van der Waals surface area contributed by atoms with Gasteiger partial charge in [0, 0.05) is 11.9 Å². The Hall–Kier alpha value is -1.48. The highest BCUT2D eigenvalue weighted by Crippen LogP contribution is 2.48. The molecule has 1 aromatic carbocycles. The van der Waals surface area contributed by atoms with Crippen LogP contribution in [0.4, 0.5) is 0 Å². The molecule has 0 amide bonds. The van der Waals surface area contributed by atoms with Crippen LogP contribution in [0.5, 0.6) is 5.75 Å². The Bertz CT molecular complexity index is 598. The summed E-state index contributed by atoms with van der Waals surface area (Å²) < 4.78 is 11.3. The molecule has 108 valence electrons. The smallest absolute Gasteiger partial charge is 0.176 e. The second-order valence-electron chi connectivity index (χ2n) is 5.98. The zero-order chi connectivity index (χ0) is 14.2. The molecule has 1 saturated carbocycles. The maximum atomic E-state index is 5.98. The Balaban J connectivity index is 1.76. The van der Waals surface area contributed by atoms with Gasteiger partial charge in [-0.1, -0.05) is 19.1 Å². The molecule has 1 aromatic heterocycles. The van der Waals surface area contributed by atoms with Crippen molar-refractivity contribution < 1.29 is 9.15 Å². The summed E-state index contributed by atoms with van der Waals surface area (Å²) in [5.74, 6) is 1.78. The summed E-state index contributed by atoms with van der Waals surface area (Å²) in [6.07, 6.45) is 3.98. The molecular weight excluding hydrogens is 250 g/mol. The molecule has 3 heteroatoms. The number of hydrogen-bond acceptors (Lipinski definition) is 3. The quantitative estimate of drug-likeness (QED) is 0.853. The first kappa shape index (κ1) is 13.5. The van der Waals surface area contributed by atoms with Gasteiger partial charge < -0.3 is 14.5 Å². The van der Waals surface area contributed by atoms with Gasteiger partial charge >= 0.3 is 0 Å². The predicted molar refractivity (Wildman–Crippen MR) is 81.1 cm³/mol. The number of benzene rings is 1. The first-order valence-electron chi connectivity index (χ1n) is 7.47. The lowest BCUT2D eigenvalue weighted by Crippen LogP contribution is -2.26. The van der Waals surface area contributed by atoms with Crippen LogP contribution in [0.25, 0.3) is 11.0 Å². The Morgan fingerprint density at radius 1 is 1.40 bits per heavy atom. The minimum atomic E-state index is 0.233. The Labute approximate surface area is 120 Å². The molecule has 1 N–H and O–H groups in total. The van der Waals surface area contributed by atoms with Gasteiger partial charge in [-0.2, -0.15) is 0 Å². The lowest BCUT2D eigenvalue weighted by molar-refractivity contribution is 0.376. The Kier molecular flexibility index (Phi) is 3.47. The highest BCUT2D eigenvalue weighted by Gasteiger charge is 2.40. The molecule has 0 aliphatic heterocycles. The van der Waals surface area contributed by atoms with Gasteiger partial charge in [0.05, 0.1) is 13.2 Å².